The van der Waals surface area contributed by atoms with Gasteiger partial charge in [-0.15, -0.1) is 0 Å². The third-order valence-corrected chi connectivity index (χ3v) is 3.37. The molecule has 0 aliphatic rings. The van der Waals surface area contributed by atoms with E-state index in [0.29, 0.717) is 11.3 Å². The zero-order valence-electron chi connectivity index (χ0n) is 12.4. The Hall–Kier alpha value is -2.21. The van der Waals surface area contributed by atoms with Crippen molar-refractivity contribution in [1.82, 2.24) is 5.32 Å². The molecular weight excluding hydrogens is 290 g/mol. The second kappa shape index (κ2) is 6.70. The summed E-state index contributed by atoms with van der Waals surface area (Å²) in [6.07, 6.45) is 1.30. The average molecular weight is 308 g/mol. The van der Waals surface area contributed by atoms with Crippen molar-refractivity contribution in [3.63, 3.8) is 0 Å². The molecule has 1 aromatic carbocycles. The zero-order valence-corrected chi connectivity index (χ0v) is 12.4. The molecule has 0 bridgehead atoms. The van der Waals surface area contributed by atoms with Crippen LogP contribution < -0.4 is 11.1 Å². The molecule has 0 fully saturated rings. The Morgan fingerprint density at radius 1 is 1.32 bits per heavy atom. The predicted molar refractivity (Wildman–Crippen MR) is 78.0 cm³/mol. The van der Waals surface area contributed by atoms with Gasteiger partial charge in [0, 0.05) is 11.6 Å². The Kier molecular flexibility index (Phi) is 4.92. The lowest BCUT2D eigenvalue weighted by Gasteiger charge is -2.23. The molecule has 4 nitrogen and oxygen atoms in total. The van der Waals surface area contributed by atoms with Gasteiger partial charge in [0.15, 0.2) is 0 Å². The quantitative estimate of drug-likeness (QED) is 0.891. The fourth-order valence-electron chi connectivity index (χ4n) is 2.19. The fourth-order valence-corrected chi connectivity index (χ4v) is 2.19. The third kappa shape index (κ3) is 3.51. The van der Waals surface area contributed by atoms with Crippen LogP contribution in [0.3, 0.4) is 0 Å². The molecule has 2 aromatic rings. The van der Waals surface area contributed by atoms with E-state index in [2.05, 4.69) is 5.32 Å². The first-order valence-electron chi connectivity index (χ1n) is 6.95. The van der Waals surface area contributed by atoms with Crippen molar-refractivity contribution in [3.8, 4) is 0 Å². The van der Waals surface area contributed by atoms with E-state index in [-0.39, 0.29) is 18.0 Å². The number of furan rings is 1. The summed E-state index contributed by atoms with van der Waals surface area (Å²) in [7, 11) is 0. The van der Waals surface area contributed by atoms with Crippen molar-refractivity contribution in [2.24, 2.45) is 11.7 Å². The van der Waals surface area contributed by atoms with Crippen LogP contribution in [0.15, 0.2) is 34.9 Å². The third-order valence-electron chi connectivity index (χ3n) is 3.37. The minimum atomic E-state index is -0.686. The molecule has 0 radical (unpaired) electrons. The molecule has 22 heavy (non-hydrogen) atoms. The highest BCUT2D eigenvalue weighted by atomic mass is 19.1. The number of carbonyl (C=O) groups excluding carboxylic acids is 1. The van der Waals surface area contributed by atoms with E-state index >= 15 is 0 Å². The molecule has 2 rings (SSSR count). The summed E-state index contributed by atoms with van der Waals surface area (Å²) < 4.78 is 32.1. The summed E-state index contributed by atoms with van der Waals surface area (Å²) in [5, 5.41) is 2.74. The van der Waals surface area contributed by atoms with Crippen LogP contribution in [0, 0.1) is 17.6 Å². The Morgan fingerprint density at radius 3 is 2.59 bits per heavy atom. The number of rotatable bonds is 5. The summed E-state index contributed by atoms with van der Waals surface area (Å²) >= 11 is 0. The molecule has 1 atom stereocenters. The van der Waals surface area contributed by atoms with Gasteiger partial charge >= 0.3 is 0 Å². The number of amides is 1. The Morgan fingerprint density at radius 2 is 2.05 bits per heavy atom. The van der Waals surface area contributed by atoms with E-state index in [0.717, 1.165) is 6.07 Å². The fraction of sp³-hybridized carbons (Fsp3) is 0.312. The number of halogens is 2. The smallest absolute Gasteiger partial charge is 0.255 e. The maximum Gasteiger partial charge on any atom is 0.255 e. The predicted octanol–water partition coefficient (Wildman–Crippen LogP) is 3.14. The first-order chi connectivity index (χ1) is 10.4. The van der Waals surface area contributed by atoms with Crippen LogP contribution in [0.2, 0.25) is 0 Å². The van der Waals surface area contributed by atoms with Gasteiger partial charge in [0.1, 0.15) is 23.7 Å². The Balaban J connectivity index is 2.23. The van der Waals surface area contributed by atoms with E-state index in [4.69, 9.17) is 10.2 Å². The first kappa shape index (κ1) is 16.2. The number of benzene rings is 1. The maximum atomic E-state index is 13.9. The van der Waals surface area contributed by atoms with E-state index < -0.39 is 23.6 Å². The highest BCUT2D eigenvalue weighted by Crippen LogP contribution is 2.25. The van der Waals surface area contributed by atoms with Crippen LogP contribution in [0.4, 0.5) is 8.78 Å². The van der Waals surface area contributed by atoms with Crippen molar-refractivity contribution in [2.45, 2.75) is 26.4 Å². The van der Waals surface area contributed by atoms with Gasteiger partial charge in [0.2, 0.25) is 0 Å². The minimum Gasteiger partial charge on any atom is -0.467 e. The van der Waals surface area contributed by atoms with E-state index in [1.54, 1.807) is 0 Å². The second-order valence-corrected chi connectivity index (χ2v) is 5.37. The van der Waals surface area contributed by atoms with Crippen LogP contribution in [0.25, 0.3) is 0 Å². The molecular formula is C16H18F2N2O2. The lowest BCUT2D eigenvalue weighted by Crippen LogP contribution is -2.32. The van der Waals surface area contributed by atoms with Gasteiger partial charge in [-0.1, -0.05) is 19.9 Å². The van der Waals surface area contributed by atoms with Gasteiger partial charge in [0.05, 0.1) is 18.2 Å². The molecule has 3 N–H and O–H groups in total. The molecule has 6 heteroatoms. The average Bonchev–Trinajstić information content (AvgIpc) is 2.94. The highest BCUT2D eigenvalue weighted by molar-refractivity contribution is 5.94. The molecule has 1 aromatic heterocycles. The highest BCUT2D eigenvalue weighted by Gasteiger charge is 2.23. The van der Waals surface area contributed by atoms with Crippen molar-refractivity contribution in [3.05, 3.63) is 59.1 Å². The van der Waals surface area contributed by atoms with Crippen LogP contribution in [0.5, 0.6) is 0 Å². The molecule has 0 aliphatic carbocycles. The van der Waals surface area contributed by atoms with Crippen molar-refractivity contribution >= 4 is 5.91 Å². The van der Waals surface area contributed by atoms with Crippen molar-refractivity contribution in [1.29, 1.82) is 0 Å². The molecule has 1 heterocycles. The molecule has 0 saturated heterocycles. The van der Waals surface area contributed by atoms with E-state index in [9.17, 15) is 13.6 Å². The standard InChI is InChI=1S/C16H18F2N2O2/c1-9(2)15(13-4-3-11(17)6-14(13)18)20-16(21)10-5-12(7-19)22-8-10/h3-6,8-9,15H,7,19H2,1-2H3,(H,20,21). The van der Waals surface area contributed by atoms with Crippen molar-refractivity contribution in [2.75, 3.05) is 0 Å². The molecule has 0 spiro atoms. The van der Waals surface area contributed by atoms with E-state index in [1.165, 1.54) is 24.5 Å². The van der Waals surface area contributed by atoms with Gasteiger partial charge in [-0.3, -0.25) is 4.79 Å². The summed E-state index contributed by atoms with van der Waals surface area (Å²) in [6, 6.07) is 4.28. The Bertz CT molecular complexity index is 668. The normalized spacial score (nSPS) is 12.5. The number of hydrogen-bond donors (Lipinski definition) is 2. The van der Waals surface area contributed by atoms with Gasteiger partial charge in [-0.25, -0.2) is 8.78 Å². The van der Waals surface area contributed by atoms with Gasteiger partial charge in [0.25, 0.3) is 5.91 Å². The monoisotopic (exact) mass is 308 g/mol. The molecule has 118 valence electrons. The van der Waals surface area contributed by atoms with Gasteiger partial charge in [-0.2, -0.15) is 0 Å². The summed E-state index contributed by atoms with van der Waals surface area (Å²) in [4.78, 5) is 12.2. The molecule has 1 amide bonds. The summed E-state index contributed by atoms with van der Waals surface area (Å²) in [6.45, 7) is 3.87. The molecule has 0 aliphatic heterocycles. The van der Waals surface area contributed by atoms with Gasteiger partial charge in [-0.05, 0) is 18.1 Å². The minimum absolute atomic E-state index is 0.0789. The largest absolute Gasteiger partial charge is 0.467 e. The van der Waals surface area contributed by atoms with Crippen LogP contribution in [-0.4, -0.2) is 5.91 Å². The van der Waals surface area contributed by atoms with Crippen LogP contribution in [-0.2, 0) is 6.54 Å². The summed E-state index contributed by atoms with van der Waals surface area (Å²) in [5.41, 5.74) is 5.98. The molecule has 0 saturated carbocycles. The zero-order chi connectivity index (χ0) is 16.3. The molecule has 1 unspecified atom stereocenters. The number of hydrogen-bond acceptors (Lipinski definition) is 3. The maximum absolute atomic E-state index is 13.9. The number of nitrogens with two attached hydrogens (primary N) is 1. The van der Waals surface area contributed by atoms with Crippen LogP contribution >= 0.6 is 0 Å². The van der Waals surface area contributed by atoms with Crippen molar-refractivity contribution < 1.29 is 18.0 Å². The summed E-state index contributed by atoms with van der Waals surface area (Å²) in [5.74, 6) is -1.33. The topological polar surface area (TPSA) is 68.3 Å². The lowest BCUT2D eigenvalue weighted by molar-refractivity contribution is 0.0924. The first-order valence-corrected chi connectivity index (χ1v) is 6.95. The van der Waals surface area contributed by atoms with E-state index in [1.807, 2.05) is 13.8 Å². The Labute approximate surface area is 127 Å². The van der Waals surface area contributed by atoms with Crippen LogP contribution in [0.1, 0.15) is 41.6 Å². The number of nitrogens with one attached hydrogen (secondary N) is 1. The lowest BCUT2D eigenvalue weighted by atomic mass is 9.95. The number of carbonyl (C=O) groups is 1. The van der Waals surface area contributed by atoms with Gasteiger partial charge < -0.3 is 15.5 Å². The second-order valence-electron chi connectivity index (χ2n) is 5.37. The SMILES string of the molecule is CC(C)C(NC(=O)c1coc(CN)c1)c1ccc(F)cc1F.